The van der Waals surface area contributed by atoms with Gasteiger partial charge in [-0.05, 0) is 61.6 Å². The summed E-state index contributed by atoms with van der Waals surface area (Å²) in [4.78, 5) is 12.8. The SMILES string of the molecule is COc1ccc(CCNC(=O)c2ccc(C)c(S(=O)(=O)N3CCCCC3)c2)cc1. The van der Waals surface area contributed by atoms with Crippen LogP contribution in [0.25, 0.3) is 0 Å². The lowest BCUT2D eigenvalue weighted by atomic mass is 10.1. The van der Waals surface area contributed by atoms with Gasteiger partial charge in [0.05, 0.1) is 12.0 Å². The van der Waals surface area contributed by atoms with Crippen molar-refractivity contribution in [3.8, 4) is 5.75 Å². The van der Waals surface area contributed by atoms with Crippen LogP contribution < -0.4 is 10.1 Å². The average molecular weight is 417 g/mol. The number of methoxy groups -OCH3 is 1. The van der Waals surface area contributed by atoms with E-state index in [4.69, 9.17) is 4.74 Å². The molecule has 0 saturated carbocycles. The number of amides is 1. The Morgan fingerprint density at radius 3 is 2.41 bits per heavy atom. The zero-order valence-electron chi connectivity index (χ0n) is 17.0. The van der Waals surface area contributed by atoms with E-state index in [2.05, 4.69) is 5.32 Å². The first-order valence-corrected chi connectivity index (χ1v) is 11.4. The highest BCUT2D eigenvalue weighted by Gasteiger charge is 2.28. The van der Waals surface area contributed by atoms with Crippen molar-refractivity contribution in [1.29, 1.82) is 0 Å². The number of piperidine rings is 1. The highest BCUT2D eigenvalue weighted by Crippen LogP contribution is 2.24. The molecule has 0 atom stereocenters. The van der Waals surface area contributed by atoms with Crippen LogP contribution in [0.2, 0.25) is 0 Å². The molecule has 156 valence electrons. The summed E-state index contributed by atoms with van der Waals surface area (Å²) in [5.74, 6) is 0.522. The van der Waals surface area contributed by atoms with Gasteiger partial charge in [0.15, 0.2) is 0 Å². The standard InChI is InChI=1S/C22H28N2O4S/c1-17-6-9-19(16-21(17)29(26,27)24-14-4-3-5-15-24)22(25)23-13-12-18-7-10-20(28-2)11-8-18/h6-11,16H,3-5,12-15H2,1-2H3,(H,23,25). The normalized spacial score (nSPS) is 15.1. The van der Waals surface area contributed by atoms with E-state index in [0.717, 1.165) is 30.6 Å². The fraction of sp³-hybridized carbons (Fsp3) is 0.409. The van der Waals surface area contributed by atoms with Crippen molar-refractivity contribution in [2.45, 2.75) is 37.5 Å². The third-order valence-electron chi connectivity index (χ3n) is 5.24. The number of rotatable bonds is 7. The fourth-order valence-corrected chi connectivity index (χ4v) is 5.25. The lowest BCUT2D eigenvalue weighted by molar-refractivity contribution is 0.0954. The number of nitrogens with one attached hydrogen (secondary N) is 1. The van der Waals surface area contributed by atoms with Crippen LogP contribution in [0.1, 0.15) is 40.7 Å². The monoisotopic (exact) mass is 416 g/mol. The quantitative estimate of drug-likeness (QED) is 0.752. The Bertz CT molecular complexity index is 949. The molecule has 0 aromatic heterocycles. The van der Waals surface area contributed by atoms with Crippen molar-refractivity contribution in [2.75, 3.05) is 26.7 Å². The van der Waals surface area contributed by atoms with Crippen molar-refractivity contribution in [3.05, 3.63) is 59.2 Å². The summed E-state index contributed by atoms with van der Waals surface area (Å²) in [5.41, 5.74) is 2.11. The van der Waals surface area contributed by atoms with Crippen LogP contribution in [0.15, 0.2) is 47.4 Å². The second-order valence-electron chi connectivity index (χ2n) is 7.30. The summed E-state index contributed by atoms with van der Waals surface area (Å²) >= 11 is 0. The van der Waals surface area contributed by atoms with Gasteiger partial charge >= 0.3 is 0 Å². The van der Waals surface area contributed by atoms with Gasteiger partial charge in [-0.15, -0.1) is 0 Å². The smallest absolute Gasteiger partial charge is 0.251 e. The lowest BCUT2D eigenvalue weighted by Crippen LogP contribution is -2.36. The molecular formula is C22H28N2O4S. The van der Waals surface area contributed by atoms with Gasteiger partial charge in [0.2, 0.25) is 10.0 Å². The summed E-state index contributed by atoms with van der Waals surface area (Å²) in [6.07, 6.45) is 3.50. The van der Waals surface area contributed by atoms with E-state index in [-0.39, 0.29) is 10.8 Å². The molecule has 0 spiro atoms. The molecule has 29 heavy (non-hydrogen) atoms. The molecule has 1 amide bonds. The minimum Gasteiger partial charge on any atom is -0.497 e. The molecular weight excluding hydrogens is 388 g/mol. The number of aryl methyl sites for hydroxylation is 1. The molecule has 1 saturated heterocycles. The minimum atomic E-state index is -3.58. The van der Waals surface area contributed by atoms with E-state index in [1.54, 1.807) is 26.2 Å². The molecule has 1 heterocycles. The molecule has 1 fully saturated rings. The van der Waals surface area contributed by atoms with Crippen LogP contribution in [-0.2, 0) is 16.4 Å². The van der Waals surface area contributed by atoms with E-state index in [0.29, 0.717) is 37.2 Å². The first-order chi connectivity index (χ1) is 13.9. The van der Waals surface area contributed by atoms with Crippen molar-refractivity contribution in [2.24, 2.45) is 0 Å². The summed E-state index contributed by atoms with van der Waals surface area (Å²) in [6.45, 7) is 3.32. The number of benzene rings is 2. The van der Waals surface area contributed by atoms with E-state index in [1.165, 1.54) is 10.4 Å². The summed E-state index contributed by atoms with van der Waals surface area (Å²) in [6, 6.07) is 12.6. The van der Waals surface area contributed by atoms with Crippen LogP contribution in [0.3, 0.4) is 0 Å². The predicted molar refractivity (Wildman–Crippen MR) is 113 cm³/mol. The molecule has 0 bridgehead atoms. The molecule has 3 rings (SSSR count). The Kier molecular flexibility index (Phi) is 6.92. The lowest BCUT2D eigenvalue weighted by Gasteiger charge is -2.26. The van der Waals surface area contributed by atoms with Crippen LogP contribution in [0.5, 0.6) is 5.75 Å². The van der Waals surface area contributed by atoms with Gasteiger partial charge in [-0.3, -0.25) is 4.79 Å². The molecule has 1 N–H and O–H groups in total. The minimum absolute atomic E-state index is 0.224. The molecule has 0 unspecified atom stereocenters. The third-order valence-corrected chi connectivity index (χ3v) is 7.28. The molecule has 2 aromatic rings. The Morgan fingerprint density at radius 2 is 1.76 bits per heavy atom. The first kappa shape index (κ1) is 21.3. The number of ether oxygens (including phenoxy) is 1. The largest absolute Gasteiger partial charge is 0.497 e. The van der Waals surface area contributed by atoms with Crippen LogP contribution >= 0.6 is 0 Å². The predicted octanol–water partition coefficient (Wildman–Crippen LogP) is 3.15. The highest BCUT2D eigenvalue weighted by molar-refractivity contribution is 7.89. The van der Waals surface area contributed by atoms with Gasteiger partial charge in [-0.1, -0.05) is 24.6 Å². The molecule has 1 aliphatic heterocycles. The Balaban J connectivity index is 1.67. The van der Waals surface area contributed by atoms with Crippen molar-refractivity contribution in [3.63, 3.8) is 0 Å². The molecule has 0 aliphatic carbocycles. The van der Waals surface area contributed by atoms with Gasteiger partial charge in [0.1, 0.15) is 5.75 Å². The highest BCUT2D eigenvalue weighted by atomic mass is 32.2. The fourth-order valence-electron chi connectivity index (χ4n) is 3.48. The number of hydrogen-bond donors (Lipinski definition) is 1. The Hall–Kier alpha value is -2.38. The van der Waals surface area contributed by atoms with Crippen LogP contribution in [0.4, 0.5) is 0 Å². The maximum Gasteiger partial charge on any atom is 0.251 e. The number of carbonyl (C=O) groups is 1. The van der Waals surface area contributed by atoms with E-state index in [9.17, 15) is 13.2 Å². The molecule has 1 aliphatic rings. The zero-order chi connectivity index (χ0) is 20.9. The van der Waals surface area contributed by atoms with Crippen LogP contribution in [-0.4, -0.2) is 45.4 Å². The van der Waals surface area contributed by atoms with E-state index in [1.807, 2.05) is 24.3 Å². The number of sulfonamides is 1. The van der Waals surface area contributed by atoms with Gasteiger partial charge in [0, 0.05) is 25.2 Å². The second-order valence-corrected chi connectivity index (χ2v) is 9.21. The third kappa shape index (κ3) is 5.16. The van der Waals surface area contributed by atoms with E-state index >= 15 is 0 Å². The summed E-state index contributed by atoms with van der Waals surface area (Å²) < 4.78 is 32.7. The van der Waals surface area contributed by atoms with Gasteiger partial charge in [-0.25, -0.2) is 8.42 Å². The zero-order valence-corrected chi connectivity index (χ0v) is 17.8. The second kappa shape index (κ2) is 9.41. The summed E-state index contributed by atoms with van der Waals surface area (Å²) in [5, 5.41) is 2.88. The number of nitrogens with zero attached hydrogens (tertiary/aromatic N) is 1. The van der Waals surface area contributed by atoms with Gasteiger partial charge in [0.25, 0.3) is 5.91 Å². The average Bonchev–Trinajstić information content (AvgIpc) is 2.75. The molecule has 0 radical (unpaired) electrons. The maximum absolute atomic E-state index is 13.0. The topological polar surface area (TPSA) is 75.7 Å². The molecule has 2 aromatic carbocycles. The van der Waals surface area contributed by atoms with Gasteiger partial charge in [-0.2, -0.15) is 4.31 Å². The maximum atomic E-state index is 13.0. The Labute approximate surface area is 172 Å². The molecule has 6 nitrogen and oxygen atoms in total. The number of hydrogen-bond acceptors (Lipinski definition) is 4. The van der Waals surface area contributed by atoms with Crippen molar-refractivity contribution >= 4 is 15.9 Å². The van der Waals surface area contributed by atoms with Gasteiger partial charge < -0.3 is 10.1 Å². The number of carbonyl (C=O) groups excluding carboxylic acids is 1. The van der Waals surface area contributed by atoms with Crippen molar-refractivity contribution in [1.82, 2.24) is 9.62 Å². The van der Waals surface area contributed by atoms with Crippen LogP contribution in [0, 0.1) is 6.92 Å². The molecule has 7 heteroatoms. The Morgan fingerprint density at radius 1 is 1.07 bits per heavy atom. The first-order valence-electron chi connectivity index (χ1n) is 9.94. The summed E-state index contributed by atoms with van der Waals surface area (Å²) in [7, 11) is -1.96. The van der Waals surface area contributed by atoms with E-state index < -0.39 is 10.0 Å². The van der Waals surface area contributed by atoms with Crippen molar-refractivity contribution < 1.29 is 17.9 Å².